The number of allylic oxidation sites excluding steroid dienone is 1. The van der Waals surface area contributed by atoms with E-state index in [-0.39, 0.29) is 11.3 Å². The molecule has 10 nitrogen and oxygen atoms in total. The zero-order chi connectivity index (χ0) is 27.2. The summed E-state index contributed by atoms with van der Waals surface area (Å²) in [5.41, 5.74) is 2.99. The SMILES string of the molecule is C=C(C)c1cc(C)c2c(c1O)C(O)=C1C(=O)[C@]3(O)C(O)=C(C(N)=O)C(=O)[C@@H](N(C)C)[C@@H]3[C@@H](O)[C@@H]1[C@H]2C. The fraction of sp³-hybridized carbons (Fsp3) is 0.423. The number of primary amides is 1. The summed E-state index contributed by atoms with van der Waals surface area (Å²) in [6.07, 6.45) is -1.62. The lowest BCUT2D eigenvalue weighted by Crippen LogP contribution is -2.70. The number of hydrogen-bond donors (Lipinski definition) is 6. The summed E-state index contributed by atoms with van der Waals surface area (Å²) in [7, 11) is 2.93. The van der Waals surface area contributed by atoms with Crippen molar-refractivity contribution in [3.05, 3.63) is 51.8 Å². The second kappa shape index (κ2) is 8.02. The van der Waals surface area contributed by atoms with Crippen LogP contribution in [0.15, 0.2) is 29.6 Å². The topological polar surface area (TPSA) is 182 Å². The first-order chi connectivity index (χ1) is 16.6. The molecule has 0 aromatic heterocycles. The Bertz CT molecular complexity index is 1320. The van der Waals surface area contributed by atoms with Crippen LogP contribution in [0.2, 0.25) is 0 Å². The third-order valence-electron chi connectivity index (χ3n) is 7.89. The number of rotatable bonds is 3. The number of likely N-dealkylation sites (N-methyl/N-ethyl adjacent to an activating group) is 1. The molecule has 36 heavy (non-hydrogen) atoms. The predicted octanol–water partition coefficient (Wildman–Crippen LogP) is 0.837. The van der Waals surface area contributed by atoms with E-state index in [1.54, 1.807) is 26.8 Å². The number of aromatic hydroxyl groups is 1. The molecule has 7 N–H and O–H groups in total. The van der Waals surface area contributed by atoms with Gasteiger partial charge in [-0.2, -0.15) is 0 Å². The predicted molar refractivity (Wildman–Crippen MR) is 130 cm³/mol. The van der Waals surface area contributed by atoms with Crippen LogP contribution < -0.4 is 5.73 Å². The molecule has 0 radical (unpaired) electrons. The van der Waals surface area contributed by atoms with Crippen LogP contribution in [0.1, 0.15) is 42.0 Å². The van der Waals surface area contributed by atoms with Gasteiger partial charge in [0.2, 0.25) is 5.78 Å². The fourth-order valence-electron chi connectivity index (χ4n) is 6.34. The van der Waals surface area contributed by atoms with Crippen LogP contribution in [0.4, 0.5) is 0 Å². The number of nitrogens with zero attached hydrogens (tertiary/aromatic N) is 1. The molecule has 1 aromatic carbocycles. The zero-order valence-electron chi connectivity index (χ0n) is 20.7. The molecule has 10 heteroatoms. The highest BCUT2D eigenvalue weighted by Gasteiger charge is 2.68. The second-order valence-electron chi connectivity index (χ2n) is 10.2. The third kappa shape index (κ3) is 2.98. The molecule has 0 aliphatic heterocycles. The molecule has 4 rings (SSSR count). The monoisotopic (exact) mass is 498 g/mol. The van der Waals surface area contributed by atoms with Crippen LogP contribution >= 0.6 is 0 Å². The number of hydrogen-bond acceptors (Lipinski definition) is 9. The maximum Gasteiger partial charge on any atom is 0.255 e. The number of benzene rings is 1. The van der Waals surface area contributed by atoms with Crippen LogP contribution in [-0.2, 0) is 14.4 Å². The summed E-state index contributed by atoms with van der Waals surface area (Å²) in [6, 6.07) is 0.309. The summed E-state index contributed by atoms with van der Waals surface area (Å²) >= 11 is 0. The van der Waals surface area contributed by atoms with E-state index in [2.05, 4.69) is 6.58 Å². The number of nitrogens with two attached hydrogens (primary N) is 1. The summed E-state index contributed by atoms with van der Waals surface area (Å²) in [5.74, 6) is -9.05. The lowest BCUT2D eigenvalue weighted by Gasteiger charge is -2.53. The number of aliphatic hydroxyl groups excluding tert-OH is 3. The van der Waals surface area contributed by atoms with Crippen molar-refractivity contribution >= 4 is 28.8 Å². The molecular weight excluding hydrogens is 468 g/mol. The molecule has 3 aliphatic rings. The number of phenolic OH excluding ortho intramolecular Hbond substituents is 1. The van der Waals surface area contributed by atoms with Gasteiger partial charge in [0.15, 0.2) is 11.4 Å². The van der Waals surface area contributed by atoms with Crippen LogP contribution in [0.25, 0.3) is 11.3 Å². The average molecular weight is 499 g/mol. The number of ketones is 2. The molecule has 1 saturated carbocycles. The third-order valence-corrected chi connectivity index (χ3v) is 7.89. The van der Waals surface area contributed by atoms with E-state index in [0.29, 0.717) is 22.3 Å². The molecule has 0 spiro atoms. The number of Topliss-reactive ketones (excluding diaryl/α,β-unsaturated/α-hetero) is 2. The Labute approximate surface area is 207 Å². The van der Waals surface area contributed by atoms with Gasteiger partial charge in [-0.15, -0.1) is 0 Å². The quantitative estimate of drug-likeness (QED) is 0.329. The molecule has 6 atom stereocenters. The van der Waals surface area contributed by atoms with Crippen LogP contribution in [0.5, 0.6) is 5.75 Å². The van der Waals surface area contributed by atoms with Crippen molar-refractivity contribution in [2.24, 2.45) is 17.6 Å². The molecule has 3 aliphatic carbocycles. The molecular formula is C26H30N2O8. The van der Waals surface area contributed by atoms with Gasteiger partial charge >= 0.3 is 0 Å². The van der Waals surface area contributed by atoms with Gasteiger partial charge in [-0.3, -0.25) is 19.3 Å². The van der Waals surface area contributed by atoms with E-state index in [4.69, 9.17) is 5.73 Å². The van der Waals surface area contributed by atoms with Crippen LogP contribution in [-0.4, -0.2) is 79.7 Å². The van der Waals surface area contributed by atoms with Gasteiger partial charge in [-0.25, -0.2) is 0 Å². The molecule has 0 heterocycles. The lowest BCUT2D eigenvalue weighted by atomic mass is 9.54. The summed E-state index contributed by atoms with van der Waals surface area (Å²) in [6.45, 7) is 8.96. The van der Waals surface area contributed by atoms with E-state index in [9.17, 15) is 39.9 Å². The first kappa shape index (κ1) is 25.6. The highest BCUT2D eigenvalue weighted by molar-refractivity contribution is 6.24. The highest BCUT2D eigenvalue weighted by Crippen LogP contribution is 2.57. The standard InChI is InChI=1S/C26H30N2O8/c1-8(2)11-7-9(3)12-10(4)13-15(20(30)14(12)19(11)29)23(33)26(36)17(21(13)31)18(28(5)6)22(32)16(24(26)34)25(27)35/h7,10,13,17-18,21,29-31,34,36H,1H2,2-6H3,(H2,27,35)/t10-,13+,17+,18-,21-,26-/m0/s1. The average Bonchev–Trinajstić information content (AvgIpc) is 2.77. The van der Waals surface area contributed by atoms with Gasteiger partial charge in [-0.05, 0) is 56.6 Å². The number of carbonyl (C=O) groups is 3. The van der Waals surface area contributed by atoms with Crippen LogP contribution in [0, 0.1) is 18.8 Å². The Kier molecular flexibility index (Phi) is 5.71. The van der Waals surface area contributed by atoms with E-state index < -0.39 is 75.6 Å². The van der Waals surface area contributed by atoms with Crippen molar-refractivity contribution in [3.8, 4) is 5.75 Å². The normalized spacial score (nSPS) is 31.8. The molecule has 0 unspecified atom stereocenters. The highest BCUT2D eigenvalue weighted by atomic mass is 16.4. The number of fused-ring (bicyclic) bond motifs is 3. The Morgan fingerprint density at radius 2 is 1.78 bits per heavy atom. The van der Waals surface area contributed by atoms with Gasteiger partial charge < -0.3 is 31.3 Å². The minimum Gasteiger partial charge on any atom is -0.508 e. The van der Waals surface area contributed by atoms with E-state index in [0.717, 1.165) is 0 Å². The zero-order valence-corrected chi connectivity index (χ0v) is 20.7. The molecule has 1 fully saturated rings. The lowest BCUT2D eigenvalue weighted by molar-refractivity contribution is -0.169. The molecule has 1 aromatic rings. The van der Waals surface area contributed by atoms with Gasteiger partial charge in [-0.1, -0.05) is 13.5 Å². The van der Waals surface area contributed by atoms with Crippen LogP contribution in [0.3, 0.4) is 0 Å². The van der Waals surface area contributed by atoms with Crippen molar-refractivity contribution in [1.29, 1.82) is 0 Å². The van der Waals surface area contributed by atoms with Crippen molar-refractivity contribution in [1.82, 2.24) is 4.90 Å². The number of aryl methyl sites for hydroxylation is 1. The molecule has 1 amide bonds. The van der Waals surface area contributed by atoms with Gasteiger partial charge in [0, 0.05) is 17.1 Å². The minimum absolute atomic E-state index is 0.0380. The number of carbonyl (C=O) groups excluding carboxylic acids is 3. The number of phenols is 1. The van der Waals surface area contributed by atoms with Gasteiger partial charge in [0.25, 0.3) is 5.91 Å². The van der Waals surface area contributed by atoms with E-state index in [1.165, 1.54) is 19.0 Å². The van der Waals surface area contributed by atoms with Gasteiger partial charge in [0.1, 0.15) is 22.8 Å². The van der Waals surface area contributed by atoms with Crippen molar-refractivity contribution in [2.75, 3.05) is 14.1 Å². The fourth-order valence-corrected chi connectivity index (χ4v) is 6.34. The molecule has 0 saturated heterocycles. The Morgan fingerprint density at radius 3 is 2.28 bits per heavy atom. The maximum atomic E-state index is 13.9. The Hall–Kier alpha value is -3.47. The minimum atomic E-state index is -2.93. The summed E-state index contributed by atoms with van der Waals surface area (Å²) in [5, 5.41) is 56.6. The first-order valence-corrected chi connectivity index (χ1v) is 11.5. The first-order valence-electron chi connectivity index (χ1n) is 11.5. The smallest absolute Gasteiger partial charge is 0.255 e. The Morgan fingerprint density at radius 1 is 1.19 bits per heavy atom. The second-order valence-corrected chi connectivity index (χ2v) is 10.2. The largest absolute Gasteiger partial charge is 0.508 e. The molecule has 0 bridgehead atoms. The van der Waals surface area contributed by atoms with Crippen molar-refractivity contribution in [2.45, 2.75) is 44.4 Å². The van der Waals surface area contributed by atoms with Crippen molar-refractivity contribution in [3.63, 3.8) is 0 Å². The summed E-state index contributed by atoms with van der Waals surface area (Å²) in [4.78, 5) is 40.5. The van der Waals surface area contributed by atoms with E-state index in [1.807, 2.05) is 0 Å². The van der Waals surface area contributed by atoms with Crippen molar-refractivity contribution < 1.29 is 39.9 Å². The molecule has 192 valence electrons. The Balaban J connectivity index is 2.10. The van der Waals surface area contributed by atoms with Gasteiger partial charge in [0.05, 0.1) is 23.6 Å². The van der Waals surface area contributed by atoms with E-state index >= 15 is 0 Å². The number of amides is 1. The number of aliphatic hydroxyl groups is 4. The maximum absolute atomic E-state index is 13.9. The summed E-state index contributed by atoms with van der Waals surface area (Å²) < 4.78 is 0.